The number of H-pyrrole nitrogens is 1. The zero-order chi connectivity index (χ0) is 16.4. The topological polar surface area (TPSA) is 53.9 Å². The first-order valence-corrected chi connectivity index (χ1v) is 9.22. The molecular weight excluding hydrogens is 320 g/mol. The Morgan fingerprint density at radius 2 is 2.12 bits per heavy atom. The van der Waals surface area contributed by atoms with Crippen molar-refractivity contribution >= 4 is 11.3 Å². The summed E-state index contributed by atoms with van der Waals surface area (Å²) in [5, 5.41) is 8.88. The van der Waals surface area contributed by atoms with Crippen molar-refractivity contribution in [2.75, 3.05) is 13.1 Å². The first-order valence-electron chi connectivity index (χ1n) is 8.28. The molecule has 3 aromatic rings. The van der Waals surface area contributed by atoms with Crippen LogP contribution in [0.5, 0.6) is 0 Å². The van der Waals surface area contributed by atoms with Gasteiger partial charge in [-0.2, -0.15) is 16.0 Å². The molecule has 0 bridgehead atoms. The lowest BCUT2D eigenvalue weighted by Gasteiger charge is -2.31. The lowest BCUT2D eigenvalue weighted by atomic mass is 9.97. The van der Waals surface area contributed by atoms with Gasteiger partial charge >= 0.3 is 5.69 Å². The van der Waals surface area contributed by atoms with Gasteiger partial charge in [0.05, 0.1) is 5.69 Å². The Bertz CT molecular complexity index is 838. The Hall–Kier alpha value is -2.18. The van der Waals surface area contributed by atoms with Gasteiger partial charge in [0.25, 0.3) is 0 Å². The van der Waals surface area contributed by atoms with Gasteiger partial charge in [-0.25, -0.2) is 4.79 Å². The molecule has 0 spiro atoms. The third kappa shape index (κ3) is 3.20. The van der Waals surface area contributed by atoms with E-state index in [1.807, 2.05) is 30.3 Å². The van der Waals surface area contributed by atoms with Crippen LogP contribution >= 0.6 is 11.3 Å². The predicted molar refractivity (Wildman–Crippen MR) is 95.8 cm³/mol. The van der Waals surface area contributed by atoms with Gasteiger partial charge in [-0.05, 0) is 53.9 Å². The molecule has 1 aliphatic rings. The van der Waals surface area contributed by atoms with Crippen LogP contribution in [-0.4, -0.2) is 32.8 Å². The molecule has 1 saturated heterocycles. The fraction of sp³-hybridized carbons (Fsp3) is 0.333. The van der Waals surface area contributed by atoms with E-state index in [0.717, 1.165) is 44.0 Å². The average Bonchev–Trinajstić information content (AvgIpc) is 3.25. The SMILES string of the molecule is O=c1[nH]c(C2CCCN(Cc3ccsc3)C2)nn1-c1ccccc1. The largest absolute Gasteiger partial charge is 0.348 e. The van der Waals surface area contributed by atoms with Crippen molar-refractivity contribution in [2.24, 2.45) is 0 Å². The van der Waals surface area contributed by atoms with Crippen LogP contribution in [0.15, 0.2) is 52.0 Å². The Kier molecular flexibility index (Phi) is 4.32. The second-order valence-electron chi connectivity index (χ2n) is 6.27. The molecule has 1 fully saturated rings. The van der Waals surface area contributed by atoms with Crippen molar-refractivity contribution in [2.45, 2.75) is 25.3 Å². The highest BCUT2D eigenvalue weighted by atomic mass is 32.1. The summed E-state index contributed by atoms with van der Waals surface area (Å²) in [6.07, 6.45) is 2.21. The monoisotopic (exact) mass is 340 g/mol. The van der Waals surface area contributed by atoms with Crippen LogP contribution in [0.3, 0.4) is 0 Å². The van der Waals surface area contributed by atoms with E-state index in [0.29, 0.717) is 0 Å². The second kappa shape index (κ2) is 6.75. The normalized spacial score (nSPS) is 18.8. The fourth-order valence-corrected chi connectivity index (χ4v) is 3.99. The van der Waals surface area contributed by atoms with Crippen molar-refractivity contribution < 1.29 is 0 Å². The van der Waals surface area contributed by atoms with Gasteiger partial charge < -0.3 is 0 Å². The Morgan fingerprint density at radius 3 is 2.92 bits per heavy atom. The number of rotatable bonds is 4. The number of hydrogen-bond acceptors (Lipinski definition) is 4. The molecule has 2 aromatic heterocycles. The number of piperidine rings is 1. The van der Waals surface area contributed by atoms with Crippen LogP contribution in [0.25, 0.3) is 5.69 Å². The van der Waals surface area contributed by atoms with Gasteiger partial charge in [0.15, 0.2) is 0 Å². The molecule has 124 valence electrons. The van der Waals surface area contributed by atoms with E-state index in [2.05, 4.69) is 31.8 Å². The summed E-state index contributed by atoms with van der Waals surface area (Å²) < 4.78 is 1.47. The molecular formula is C18H20N4OS. The van der Waals surface area contributed by atoms with E-state index in [1.165, 1.54) is 10.2 Å². The van der Waals surface area contributed by atoms with Crippen molar-refractivity contribution in [3.05, 3.63) is 69.0 Å². The molecule has 1 aromatic carbocycles. The first kappa shape index (κ1) is 15.4. The molecule has 0 amide bonds. The average molecular weight is 340 g/mol. The van der Waals surface area contributed by atoms with Crippen molar-refractivity contribution in [3.63, 3.8) is 0 Å². The molecule has 0 radical (unpaired) electrons. The van der Waals surface area contributed by atoms with Crippen LogP contribution in [-0.2, 0) is 6.54 Å². The van der Waals surface area contributed by atoms with Crippen molar-refractivity contribution in [1.82, 2.24) is 19.7 Å². The zero-order valence-corrected chi connectivity index (χ0v) is 14.2. The van der Waals surface area contributed by atoms with Gasteiger partial charge in [-0.15, -0.1) is 5.10 Å². The second-order valence-corrected chi connectivity index (χ2v) is 7.05. The molecule has 1 atom stereocenters. The molecule has 1 aliphatic heterocycles. The molecule has 24 heavy (non-hydrogen) atoms. The molecule has 1 unspecified atom stereocenters. The maximum atomic E-state index is 12.3. The van der Waals surface area contributed by atoms with E-state index in [-0.39, 0.29) is 11.6 Å². The Morgan fingerprint density at radius 1 is 1.25 bits per heavy atom. The number of hydrogen-bond donors (Lipinski definition) is 1. The summed E-state index contributed by atoms with van der Waals surface area (Å²) in [6.45, 7) is 3.02. The number of likely N-dealkylation sites (tertiary alicyclic amines) is 1. The summed E-state index contributed by atoms with van der Waals surface area (Å²) in [7, 11) is 0. The van der Waals surface area contributed by atoms with Gasteiger partial charge in [-0.1, -0.05) is 18.2 Å². The highest BCUT2D eigenvalue weighted by Gasteiger charge is 2.25. The number of thiophene rings is 1. The number of aromatic nitrogens is 3. The molecule has 0 saturated carbocycles. The van der Waals surface area contributed by atoms with Gasteiger partial charge in [0.2, 0.25) is 0 Å². The van der Waals surface area contributed by atoms with Crippen LogP contribution in [0.4, 0.5) is 0 Å². The molecule has 5 nitrogen and oxygen atoms in total. The molecule has 6 heteroatoms. The molecule has 3 heterocycles. The third-order valence-corrected chi connectivity index (χ3v) is 5.25. The Labute approximate surface area is 144 Å². The van der Waals surface area contributed by atoms with Gasteiger partial charge in [0, 0.05) is 19.0 Å². The van der Waals surface area contributed by atoms with Crippen LogP contribution in [0.1, 0.15) is 30.1 Å². The van der Waals surface area contributed by atoms with Crippen molar-refractivity contribution in [1.29, 1.82) is 0 Å². The summed E-state index contributed by atoms with van der Waals surface area (Å²) in [5.74, 6) is 1.09. The minimum Gasteiger partial charge on any atom is -0.298 e. The summed E-state index contributed by atoms with van der Waals surface area (Å²) >= 11 is 1.74. The lowest BCUT2D eigenvalue weighted by molar-refractivity contribution is 0.197. The quantitative estimate of drug-likeness (QED) is 0.794. The maximum absolute atomic E-state index is 12.3. The van der Waals surface area contributed by atoms with Crippen LogP contribution in [0.2, 0.25) is 0 Å². The number of para-hydroxylation sites is 1. The summed E-state index contributed by atoms with van der Waals surface area (Å²) in [6, 6.07) is 11.7. The number of benzene rings is 1. The zero-order valence-electron chi connectivity index (χ0n) is 13.4. The van der Waals surface area contributed by atoms with Crippen LogP contribution in [0, 0.1) is 0 Å². The standard InChI is InChI=1S/C18H20N4OS/c23-18-19-17(20-22(18)16-6-2-1-3-7-16)15-5-4-9-21(12-15)11-14-8-10-24-13-14/h1-3,6-8,10,13,15H,4-5,9,11-12H2,(H,19,20,23). The van der Waals surface area contributed by atoms with E-state index < -0.39 is 0 Å². The molecule has 0 aliphatic carbocycles. The maximum Gasteiger partial charge on any atom is 0.348 e. The summed E-state index contributed by atoms with van der Waals surface area (Å²) in [4.78, 5) is 17.7. The molecule has 1 N–H and O–H groups in total. The smallest absolute Gasteiger partial charge is 0.298 e. The fourth-order valence-electron chi connectivity index (χ4n) is 3.33. The number of aromatic amines is 1. The summed E-state index contributed by atoms with van der Waals surface area (Å²) in [5.41, 5.74) is 2.01. The number of nitrogens with one attached hydrogen (secondary N) is 1. The highest BCUT2D eigenvalue weighted by molar-refractivity contribution is 7.07. The third-order valence-electron chi connectivity index (χ3n) is 4.51. The van der Waals surface area contributed by atoms with Gasteiger partial charge in [-0.3, -0.25) is 9.88 Å². The van der Waals surface area contributed by atoms with Gasteiger partial charge in [0.1, 0.15) is 5.82 Å². The Balaban J connectivity index is 1.52. The van der Waals surface area contributed by atoms with Crippen molar-refractivity contribution in [3.8, 4) is 5.69 Å². The van der Waals surface area contributed by atoms with E-state index >= 15 is 0 Å². The first-order chi connectivity index (χ1) is 11.8. The lowest BCUT2D eigenvalue weighted by Crippen LogP contribution is -2.34. The van der Waals surface area contributed by atoms with E-state index in [1.54, 1.807) is 11.3 Å². The minimum absolute atomic E-state index is 0.161. The number of nitrogens with zero attached hydrogens (tertiary/aromatic N) is 3. The van der Waals surface area contributed by atoms with Crippen LogP contribution < -0.4 is 5.69 Å². The molecule has 4 rings (SSSR count). The highest BCUT2D eigenvalue weighted by Crippen LogP contribution is 2.25. The van der Waals surface area contributed by atoms with E-state index in [4.69, 9.17) is 0 Å². The van der Waals surface area contributed by atoms with E-state index in [9.17, 15) is 4.79 Å². The minimum atomic E-state index is -0.161. The predicted octanol–water partition coefficient (Wildman–Crippen LogP) is 3.00.